The van der Waals surface area contributed by atoms with E-state index in [1.807, 2.05) is 0 Å². The van der Waals surface area contributed by atoms with Gasteiger partial charge in [-0.05, 0) is 48.9 Å². The molecule has 0 N–H and O–H groups in total. The van der Waals surface area contributed by atoms with Crippen LogP contribution in [0.1, 0.15) is 52.4 Å². The standard InChI is InChI=1S/C15H23N/c1-4-7-15-8-5-6-12(11-16)13(15)14(2,3)9-10-15/h4,12-13H,1,5-10H2,2-3H3. The number of rotatable bonds is 2. The van der Waals surface area contributed by atoms with Crippen molar-refractivity contribution in [2.24, 2.45) is 22.7 Å². The molecule has 1 heteroatoms. The van der Waals surface area contributed by atoms with Crippen molar-refractivity contribution in [1.82, 2.24) is 0 Å². The molecule has 2 rings (SSSR count). The van der Waals surface area contributed by atoms with Gasteiger partial charge in [0.25, 0.3) is 0 Å². The summed E-state index contributed by atoms with van der Waals surface area (Å²) < 4.78 is 0. The molecule has 2 saturated carbocycles. The summed E-state index contributed by atoms with van der Waals surface area (Å²) in [7, 11) is 0. The molecular formula is C15H23N. The lowest BCUT2D eigenvalue weighted by molar-refractivity contribution is 0.0399. The van der Waals surface area contributed by atoms with Gasteiger partial charge in [0.15, 0.2) is 0 Å². The van der Waals surface area contributed by atoms with Gasteiger partial charge in [0.1, 0.15) is 0 Å². The third-order valence-corrected chi connectivity index (χ3v) is 5.08. The summed E-state index contributed by atoms with van der Waals surface area (Å²) in [5, 5.41) is 9.38. The molecule has 2 aliphatic rings. The second kappa shape index (κ2) is 3.91. The molecule has 16 heavy (non-hydrogen) atoms. The van der Waals surface area contributed by atoms with Crippen LogP contribution in [-0.2, 0) is 0 Å². The van der Waals surface area contributed by atoms with Crippen LogP contribution in [0.15, 0.2) is 12.7 Å². The third kappa shape index (κ3) is 1.59. The predicted octanol–water partition coefficient (Wildman–Crippen LogP) is 4.31. The van der Waals surface area contributed by atoms with Crippen molar-refractivity contribution in [3.05, 3.63) is 12.7 Å². The number of allylic oxidation sites excluding steroid dienone is 1. The molecule has 88 valence electrons. The Morgan fingerprint density at radius 1 is 1.38 bits per heavy atom. The molecule has 3 atom stereocenters. The van der Waals surface area contributed by atoms with E-state index in [0.717, 1.165) is 12.8 Å². The van der Waals surface area contributed by atoms with Crippen LogP contribution < -0.4 is 0 Å². The first-order valence-electron chi connectivity index (χ1n) is 6.56. The van der Waals surface area contributed by atoms with Gasteiger partial charge in [-0.3, -0.25) is 0 Å². The molecule has 2 fully saturated rings. The van der Waals surface area contributed by atoms with Crippen LogP contribution in [0.5, 0.6) is 0 Å². The van der Waals surface area contributed by atoms with E-state index in [0.29, 0.717) is 16.7 Å². The monoisotopic (exact) mass is 217 g/mol. The molecule has 0 aromatic rings. The molecule has 0 amide bonds. The van der Waals surface area contributed by atoms with E-state index in [2.05, 4.69) is 32.6 Å². The molecular weight excluding hydrogens is 194 g/mol. The Morgan fingerprint density at radius 2 is 2.12 bits per heavy atom. The Hall–Kier alpha value is -0.770. The number of hydrogen-bond donors (Lipinski definition) is 0. The molecule has 0 aromatic heterocycles. The van der Waals surface area contributed by atoms with Gasteiger partial charge in [-0.1, -0.05) is 26.3 Å². The zero-order valence-electron chi connectivity index (χ0n) is 10.6. The summed E-state index contributed by atoms with van der Waals surface area (Å²) in [6.45, 7) is 8.64. The van der Waals surface area contributed by atoms with Crippen LogP contribution in [0, 0.1) is 34.0 Å². The third-order valence-electron chi connectivity index (χ3n) is 5.08. The minimum Gasteiger partial charge on any atom is -0.198 e. The van der Waals surface area contributed by atoms with Crippen LogP contribution in [0.4, 0.5) is 0 Å². The van der Waals surface area contributed by atoms with Crippen LogP contribution in [0.25, 0.3) is 0 Å². The van der Waals surface area contributed by atoms with Crippen molar-refractivity contribution in [2.75, 3.05) is 0 Å². The maximum atomic E-state index is 9.38. The van der Waals surface area contributed by atoms with Crippen molar-refractivity contribution in [3.63, 3.8) is 0 Å². The van der Waals surface area contributed by atoms with Crippen LogP contribution >= 0.6 is 0 Å². The van der Waals surface area contributed by atoms with Gasteiger partial charge >= 0.3 is 0 Å². The van der Waals surface area contributed by atoms with E-state index in [-0.39, 0.29) is 5.92 Å². The maximum absolute atomic E-state index is 9.38. The van der Waals surface area contributed by atoms with E-state index < -0.39 is 0 Å². The van der Waals surface area contributed by atoms with Crippen molar-refractivity contribution >= 4 is 0 Å². The minimum absolute atomic E-state index is 0.284. The fraction of sp³-hybridized carbons (Fsp3) is 0.800. The fourth-order valence-electron chi connectivity index (χ4n) is 4.56. The highest BCUT2D eigenvalue weighted by Gasteiger charge is 2.55. The van der Waals surface area contributed by atoms with Crippen LogP contribution in [0.2, 0.25) is 0 Å². The summed E-state index contributed by atoms with van der Waals surface area (Å²) in [5.41, 5.74) is 0.758. The Bertz CT molecular complexity index is 323. The zero-order valence-corrected chi connectivity index (χ0v) is 10.6. The predicted molar refractivity (Wildman–Crippen MR) is 66.7 cm³/mol. The van der Waals surface area contributed by atoms with Crippen LogP contribution in [-0.4, -0.2) is 0 Å². The molecule has 0 heterocycles. The molecule has 0 radical (unpaired) electrons. The molecule has 3 unspecified atom stereocenters. The summed E-state index contributed by atoms with van der Waals surface area (Å²) >= 11 is 0. The van der Waals surface area contributed by atoms with Gasteiger partial charge in [0, 0.05) is 0 Å². The number of nitriles is 1. The highest BCUT2D eigenvalue weighted by atomic mass is 14.6. The lowest BCUT2D eigenvalue weighted by Crippen LogP contribution is -2.40. The second-order valence-corrected chi connectivity index (χ2v) is 6.45. The van der Waals surface area contributed by atoms with Crippen molar-refractivity contribution in [3.8, 4) is 6.07 Å². The number of nitrogens with zero attached hydrogens (tertiary/aromatic N) is 1. The Morgan fingerprint density at radius 3 is 2.75 bits per heavy atom. The fourth-order valence-corrected chi connectivity index (χ4v) is 4.56. The Balaban J connectivity index is 2.36. The van der Waals surface area contributed by atoms with Crippen molar-refractivity contribution in [2.45, 2.75) is 52.4 Å². The minimum atomic E-state index is 0.284. The van der Waals surface area contributed by atoms with Gasteiger partial charge < -0.3 is 0 Å². The van der Waals surface area contributed by atoms with Gasteiger partial charge in [0.05, 0.1) is 12.0 Å². The lowest BCUT2D eigenvalue weighted by Gasteiger charge is -2.46. The molecule has 0 aromatic carbocycles. The van der Waals surface area contributed by atoms with Crippen molar-refractivity contribution in [1.29, 1.82) is 5.26 Å². The van der Waals surface area contributed by atoms with Crippen LogP contribution in [0.3, 0.4) is 0 Å². The number of hydrogen-bond acceptors (Lipinski definition) is 1. The van der Waals surface area contributed by atoms with E-state index in [9.17, 15) is 5.26 Å². The van der Waals surface area contributed by atoms with E-state index in [1.54, 1.807) is 0 Å². The largest absolute Gasteiger partial charge is 0.198 e. The molecule has 0 bridgehead atoms. The van der Waals surface area contributed by atoms with E-state index in [1.165, 1.54) is 25.7 Å². The SMILES string of the molecule is C=CCC12CCCC(C#N)C1C(C)(C)CC2. The normalized spacial score (nSPS) is 41.1. The van der Waals surface area contributed by atoms with E-state index >= 15 is 0 Å². The average Bonchev–Trinajstić information content (AvgIpc) is 2.52. The molecule has 0 aliphatic heterocycles. The first kappa shape index (κ1) is 11.7. The average molecular weight is 217 g/mol. The summed E-state index contributed by atoms with van der Waals surface area (Å²) in [5.74, 6) is 0.878. The van der Waals surface area contributed by atoms with Gasteiger partial charge in [-0.25, -0.2) is 0 Å². The summed E-state index contributed by atoms with van der Waals surface area (Å²) in [6, 6.07) is 2.58. The number of fused-ring (bicyclic) bond motifs is 1. The Labute approximate surface area is 99.5 Å². The van der Waals surface area contributed by atoms with E-state index in [4.69, 9.17) is 0 Å². The first-order valence-corrected chi connectivity index (χ1v) is 6.56. The lowest BCUT2D eigenvalue weighted by atomic mass is 9.57. The smallest absolute Gasteiger partial charge is 0.0659 e. The summed E-state index contributed by atoms with van der Waals surface area (Å²) in [4.78, 5) is 0. The topological polar surface area (TPSA) is 23.8 Å². The zero-order chi connectivity index (χ0) is 11.8. The second-order valence-electron chi connectivity index (χ2n) is 6.45. The first-order chi connectivity index (χ1) is 7.56. The molecule has 0 saturated heterocycles. The molecule has 2 aliphatic carbocycles. The quantitative estimate of drug-likeness (QED) is 0.632. The summed E-state index contributed by atoms with van der Waals surface area (Å²) in [6.07, 6.45) is 9.43. The van der Waals surface area contributed by atoms with Gasteiger partial charge in [-0.15, -0.1) is 6.58 Å². The molecule has 1 nitrogen and oxygen atoms in total. The highest BCUT2D eigenvalue weighted by molar-refractivity contribution is 5.11. The maximum Gasteiger partial charge on any atom is 0.0659 e. The highest BCUT2D eigenvalue weighted by Crippen LogP contribution is 2.63. The van der Waals surface area contributed by atoms with Gasteiger partial charge in [0.2, 0.25) is 0 Å². The van der Waals surface area contributed by atoms with Gasteiger partial charge in [-0.2, -0.15) is 5.26 Å². The molecule has 0 spiro atoms. The van der Waals surface area contributed by atoms with Crippen molar-refractivity contribution < 1.29 is 0 Å². The Kier molecular flexibility index (Phi) is 2.86.